The molecular formula is C34H60ClNO3. The summed E-state index contributed by atoms with van der Waals surface area (Å²) < 4.78 is 0. The van der Waals surface area contributed by atoms with Crippen LogP contribution in [0.1, 0.15) is 136 Å². The van der Waals surface area contributed by atoms with Gasteiger partial charge in [-0.15, -0.1) is 11.6 Å². The van der Waals surface area contributed by atoms with Crippen LogP contribution < -0.4 is 0 Å². The van der Waals surface area contributed by atoms with Crippen molar-refractivity contribution in [1.82, 2.24) is 5.06 Å². The second-order valence-electron chi connectivity index (χ2n) is 14.6. The summed E-state index contributed by atoms with van der Waals surface area (Å²) in [5.41, 5.74) is 0.289. The van der Waals surface area contributed by atoms with Crippen molar-refractivity contribution in [2.24, 2.45) is 40.4 Å². The Morgan fingerprint density at radius 2 is 1.64 bits per heavy atom. The third kappa shape index (κ3) is 7.26. The molecule has 4 unspecified atom stereocenters. The topological polar surface area (TPSA) is 49.8 Å². The number of hydroxylamine groups is 2. The maximum absolute atomic E-state index is 12.5. The van der Waals surface area contributed by atoms with E-state index in [0.717, 1.165) is 45.3 Å². The largest absolute Gasteiger partial charge is 0.391 e. The summed E-state index contributed by atoms with van der Waals surface area (Å²) in [7, 11) is 2.05. The average Bonchev–Trinajstić information content (AvgIpc) is 3.15. The number of unbranched alkanes of at least 4 members (excludes halogenated alkanes) is 8. The third-order valence-electron chi connectivity index (χ3n) is 12.2. The predicted molar refractivity (Wildman–Crippen MR) is 162 cm³/mol. The normalized spacial score (nSPS) is 40.0. The molecule has 9 atom stereocenters. The van der Waals surface area contributed by atoms with Crippen LogP contribution in [0, 0.1) is 40.4 Å². The number of carbonyl (C=O) groups is 1. The number of alkyl halides is 1. The Kier molecular flexibility index (Phi) is 11.7. The lowest BCUT2D eigenvalue weighted by Crippen LogP contribution is -2.57. The van der Waals surface area contributed by atoms with E-state index in [4.69, 9.17) is 16.4 Å². The number of Topliss-reactive ketones (excluding diaryl/α,β-unsaturated/α-hetero) is 1. The molecular weight excluding hydrogens is 506 g/mol. The van der Waals surface area contributed by atoms with E-state index in [-0.39, 0.29) is 16.9 Å². The van der Waals surface area contributed by atoms with E-state index in [0.29, 0.717) is 40.8 Å². The molecule has 4 aliphatic carbocycles. The van der Waals surface area contributed by atoms with Crippen LogP contribution in [-0.2, 0) is 9.63 Å². The fourth-order valence-corrected chi connectivity index (χ4v) is 10.2. The first-order chi connectivity index (χ1) is 18.7. The van der Waals surface area contributed by atoms with E-state index >= 15 is 0 Å². The molecule has 4 aliphatic rings. The summed E-state index contributed by atoms with van der Waals surface area (Å²) in [5.74, 6) is 3.71. The first-order valence-corrected chi connectivity index (χ1v) is 17.3. The minimum atomic E-state index is -0.363. The van der Waals surface area contributed by atoms with Crippen molar-refractivity contribution >= 4 is 17.4 Å². The summed E-state index contributed by atoms with van der Waals surface area (Å²) in [5, 5.41) is 13.0. The van der Waals surface area contributed by atoms with Crippen molar-refractivity contribution < 1.29 is 14.7 Å². The molecule has 39 heavy (non-hydrogen) atoms. The fourth-order valence-electron chi connectivity index (χ4n) is 9.70. The van der Waals surface area contributed by atoms with Gasteiger partial charge in [-0.05, 0) is 85.4 Å². The Balaban J connectivity index is 1.21. The number of nitrogens with zero attached hydrogens (tertiary/aromatic N) is 1. The van der Waals surface area contributed by atoms with Gasteiger partial charge in [-0.1, -0.05) is 78.6 Å². The molecule has 0 radical (unpaired) electrons. The van der Waals surface area contributed by atoms with Crippen molar-refractivity contribution in [3.63, 3.8) is 0 Å². The summed E-state index contributed by atoms with van der Waals surface area (Å²) in [4.78, 5) is 18.3. The lowest BCUT2D eigenvalue weighted by Gasteiger charge is -2.62. The summed E-state index contributed by atoms with van der Waals surface area (Å²) in [6.45, 7) is 8.98. The monoisotopic (exact) mass is 565 g/mol. The van der Waals surface area contributed by atoms with Gasteiger partial charge in [0.1, 0.15) is 5.78 Å². The number of aliphatic hydroxyl groups is 1. The Morgan fingerprint density at radius 1 is 0.949 bits per heavy atom. The zero-order valence-electron chi connectivity index (χ0n) is 25.8. The van der Waals surface area contributed by atoms with E-state index in [1.807, 2.05) is 5.06 Å². The quantitative estimate of drug-likeness (QED) is 0.123. The first-order valence-electron chi connectivity index (χ1n) is 16.9. The molecule has 0 aromatic heterocycles. The Bertz CT molecular complexity index is 778. The van der Waals surface area contributed by atoms with Crippen molar-refractivity contribution in [3.05, 3.63) is 0 Å². The van der Waals surface area contributed by atoms with Crippen LogP contribution in [0.2, 0.25) is 0 Å². The maximum atomic E-state index is 12.5. The van der Waals surface area contributed by atoms with Crippen molar-refractivity contribution in [2.45, 2.75) is 148 Å². The molecule has 4 saturated carbocycles. The highest BCUT2D eigenvalue weighted by Crippen LogP contribution is 2.68. The highest BCUT2D eigenvalue weighted by molar-refractivity contribution is 6.21. The number of fused-ring (bicyclic) bond motifs is 5. The molecule has 226 valence electrons. The van der Waals surface area contributed by atoms with Crippen LogP contribution in [0.4, 0.5) is 0 Å². The van der Waals surface area contributed by atoms with Crippen LogP contribution in [0.25, 0.3) is 0 Å². The molecule has 1 N–H and O–H groups in total. The van der Waals surface area contributed by atoms with Gasteiger partial charge in [0.05, 0.1) is 18.1 Å². The molecule has 0 amide bonds. The number of hydrogen-bond donors (Lipinski definition) is 1. The molecule has 0 aromatic rings. The standard InChI is InChI=1S/C34H60ClNO3/c1-5-6-20-36(4)39-21-14-12-10-8-7-9-11-13-15-25-22-26-23-27(37)16-18-33(26,2)28-17-19-34(3)29(31(25)28)24-30(35)32(34)38/h25-26,28-32,38H,5-24H2,1-4H3/t25-,26?,28?,29?,30-,31?,32+,33+,34+/m1/s1. The Labute approximate surface area is 245 Å². The molecule has 0 bridgehead atoms. The number of ketones is 1. The van der Waals surface area contributed by atoms with Crippen LogP contribution in [-0.4, -0.2) is 47.6 Å². The lowest BCUT2D eigenvalue weighted by molar-refractivity contribution is -0.156. The maximum Gasteiger partial charge on any atom is 0.133 e. The molecule has 5 heteroatoms. The van der Waals surface area contributed by atoms with Crippen LogP contribution in [0.15, 0.2) is 0 Å². The highest BCUT2D eigenvalue weighted by Gasteiger charge is 2.63. The van der Waals surface area contributed by atoms with Gasteiger partial charge in [0.25, 0.3) is 0 Å². The van der Waals surface area contributed by atoms with E-state index in [2.05, 4.69) is 27.8 Å². The predicted octanol–water partition coefficient (Wildman–Crippen LogP) is 8.58. The van der Waals surface area contributed by atoms with Gasteiger partial charge in [0.2, 0.25) is 0 Å². The van der Waals surface area contributed by atoms with Gasteiger partial charge in [0, 0.05) is 26.4 Å². The number of aliphatic hydroxyl groups excluding tert-OH is 1. The van der Waals surface area contributed by atoms with Crippen LogP contribution in [0.5, 0.6) is 0 Å². The van der Waals surface area contributed by atoms with Gasteiger partial charge in [-0.25, -0.2) is 0 Å². The molecule has 4 nitrogen and oxygen atoms in total. The van der Waals surface area contributed by atoms with E-state index < -0.39 is 0 Å². The van der Waals surface area contributed by atoms with Gasteiger partial charge in [0.15, 0.2) is 0 Å². The first kappa shape index (κ1) is 31.8. The fraction of sp³-hybridized carbons (Fsp3) is 0.971. The lowest BCUT2D eigenvalue weighted by atomic mass is 9.42. The minimum Gasteiger partial charge on any atom is -0.391 e. The smallest absolute Gasteiger partial charge is 0.133 e. The number of hydrogen-bond acceptors (Lipinski definition) is 4. The van der Waals surface area contributed by atoms with Gasteiger partial charge < -0.3 is 5.11 Å². The Hall–Kier alpha value is -0.160. The molecule has 4 rings (SSSR count). The van der Waals surface area contributed by atoms with E-state index in [1.54, 1.807) is 0 Å². The van der Waals surface area contributed by atoms with Crippen LogP contribution in [0.3, 0.4) is 0 Å². The zero-order chi connectivity index (χ0) is 28.0. The van der Waals surface area contributed by atoms with Gasteiger partial charge in [-0.2, -0.15) is 5.06 Å². The molecule has 0 spiro atoms. The SMILES string of the molecule is CCCCN(C)OCCCCCCCCCC[C@@H]1CC2CC(=O)CC[C@]2(C)C2CC[C@@]3(C)C(C[C@@H](Cl)[C@@H]3O)C21. The summed E-state index contributed by atoms with van der Waals surface area (Å²) >= 11 is 6.74. The third-order valence-corrected chi connectivity index (χ3v) is 12.6. The Morgan fingerprint density at radius 3 is 2.36 bits per heavy atom. The second kappa shape index (κ2) is 14.3. The number of rotatable bonds is 15. The van der Waals surface area contributed by atoms with Crippen LogP contribution >= 0.6 is 11.6 Å². The van der Waals surface area contributed by atoms with Crippen molar-refractivity contribution in [2.75, 3.05) is 20.2 Å². The summed E-state index contributed by atoms with van der Waals surface area (Å²) in [6.07, 6.45) is 21.1. The zero-order valence-corrected chi connectivity index (χ0v) is 26.5. The van der Waals surface area contributed by atoms with Crippen molar-refractivity contribution in [1.29, 1.82) is 0 Å². The van der Waals surface area contributed by atoms with Crippen molar-refractivity contribution in [3.8, 4) is 0 Å². The molecule has 4 fully saturated rings. The molecule has 0 heterocycles. The molecule has 0 saturated heterocycles. The number of halogens is 1. The van der Waals surface area contributed by atoms with Gasteiger partial charge >= 0.3 is 0 Å². The second-order valence-corrected chi connectivity index (χ2v) is 15.2. The van der Waals surface area contributed by atoms with E-state index in [1.165, 1.54) is 83.5 Å². The number of carbonyl (C=O) groups excluding carboxylic acids is 1. The summed E-state index contributed by atoms with van der Waals surface area (Å²) in [6, 6.07) is 0. The molecule has 0 aromatic carbocycles. The van der Waals surface area contributed by atoms with Gasteiger partial charge in [-0.3, -0.25) is 9.63 Å². The molecule has 0 aliphatic heterocycles. The van der Waals surface area contributed by atoms with E-state index in [9.17, 15) is 9.90 Å². The highest BCUT2D eigenvalue weighted by atomic mass is 35.5. The minimum absolute atomic E-state index is 0.0184. The average molecular weight is 566 g/mol.